The second-order valence-electron chi connectivity index (χ2n) is 3.98. The minimum atomic E-state index is -0.456. The summed E-state index contributed by atoms with van der Waals surface area (Å²) < 4.78 is 6.04. The van der Waals surface area contributed by atoms with Gasteiger partial charge in [0.05, 0.1) is 5.56 Å². The molecule has 0 bridgehead atoms. The van der Waals surface area contributed by atoms with Gasteiger partial charge in [-0.3, -0.25) is 4.79 Å². The Kier molecular flexibility index (Phi) is 4.12. The summed E-state index contributed by atoms with van der Waals surface area (Å²) in [4.78, 5) is 23.2. The Bertz CT molecular complexity index is 635. The molecule has 19 heavy (non-hydrogen) atoms. The fourth-order valence-corrected chi connectivity index (χ4v) is 1.96. The lowest BCUT2D eigenvalue weighted by Crippen LogP contribution is -2.08. The summed E-state index contributed by atoms with van der Waals surface area (Å²) >= 11 is 3.29. The molecule has 2 aromatic carbocycles. The van der Waals surface area contributed by atoms with Crippen LogP contribution in [-0.4, -0.2) is 11.8 Å². The Morgan fingerprint density at radius 3 is 2.37 bits per heavy atom. The first-order valence-corrected chi connectivity index (χ1v) is 6.44. The number of hydrogen-bond acceptors (Lipinski definition) is 3. The third-order valence-corrected chi connectivity index (χ3v) is 3.00. The van der Waals surface area contributed by atoms with Crippen LogP contribution >= 0.6 is 15.9 Å². The van der Waals surface area contributed by atoms with E-state index >= 15 is 0 Å². The zero-order valence-corrected chi connectivity index (χ0v) is 11.8. The van der Waals surface area contributed by atoms with Crippen molar-refractivity contribution in [3.05, 3.63) is 64.1 Å². The second kappa shape index (κ2) is 5.80. The molecular weight excluding hydrogens is 308 g/mol. The minimum Gasteiger partial charge on any atom is -0.423 e. The topological polar surface area (TPSA) is 43.4 Å². The number of Topliss-reactive ketones (excluding diaryl/α,β-unsaturated/α-hetero) is 1. The van der Waals surface area contributed by atoms with E-state index in [1.807, 2.05) is 6.07 Å². The molecule has 0 heterocycles. The zero-order chi connectivity index (χ0) is 13.8. The first-order chi connectivity index (χ1) is 9.06. The number of halogens is 1. The van der Waals surface area contributed by atoms with E-state index in [0.717, 1.165) is 4.47 Å². The zero-order valence-electron chi connectivity index (χ0n) is 10.2. The molecule has 0 spiro atoms. The number of hydrogen-bond donors (Lipinski definition) is 0. The quantitative estimate of drug-likeness (QED) is 0.490. The maximum absolute atomic E-state index is 11.9. The van der Waals surface area contributed by atoms with Crippen molar-refractivity contribution in [2.45, 2.75) is 6.92 Å². The summed E-state index contributed by atoms with van der Waals surface area (Å²) in [5.74, 6) is -0.167. The summed E-state index contributed by atoms with van der Waals surface area (Å²) in [5.41, 5.74) is 0.960. The predicted octanol–water partition coefficient (Wildman–Crippen LogP) is 3.87. The molecule has 4 heteroatoms. The summed E-state index contributed by atoms with van der Waals surface area (Å²) in [6.07, 6.45) is 0. The van der Waals surface area contributed by atoms with Gasteiger partial charge in [0.15, 0.2) is 5.78 Å². The molecule has 0 unspecified atom stereocenters. The summed E-state index contributed by atoms with van der Waals surface area (Å²) in [6, 6.07) is 13.5. The lowest BCUT2D eigenvalue weighted by molar-refractivity contribution is 0.0733. The van der Waals surface area contributed by atoms with E-state index in [1.165, 1.54) is 6.92 Å². The van der Waals surface area contributed by atoms with Crippen molar-refractivity contribution < 1.29 is 14.3 Å². The Balaban J connectivity index is 2.19. The largest absolute Gasteiger partial charge is 0.423 e. The maximum Gasteiger partial charge on any atom is 0.343 e. The Morgan fingerprint density at radius 1 is 1.00 bits per heavy atom. The van der Waals surface area contributed by atoms with E-state index in [4.69, 9.17) is 4.74 Å². The molecule has 96 valence electrons. The first kappa shape index (κ1) is 13.5. The van der Waals surface area contributed by atoms with E-state index in [0.29, 0.717) is 16.9 Å². The fourth-order valence-electron chi connectivity index (χ4n) is 1.56. The van der Waals surface area contributed by atoms with Crippen LogP contribution in [0.5, 0.6) is 5.75 Å². The van der Waals surface area contributed by atoms with E-state index in [9.17, 15) is 9.59 Å². The van der Waals surface area contributed by atoms with Gasteiger partial charge in [-0.25, -0.2) is 4.79 Å². The van der Waals surface area contributed by atoms with Gasteiger partial charge in [0.1, 0.15) is 5.75 Å². The van der Waals surface area contributed by atoms with Crippen LogP contribution in [-0.2, 0) is 0 Å². The van der Waals surface area contributed by atoms with E-state index in [2.05, 4.69) is 15.9 Å². The van der Waals surface area contributed by atoms with Crippen LogP contribution in [0.25, 0.3) is 0 Å². The van der Waals surface area contributed by atoms with E-state index in [1.54, 1.807) is 42.5 Å². The van der Waals surface area contributed by atoms with Gasteiger partial charge >= 0.3 is 5.97 Å². The van der Waals surface area contributed by atoms with E-state index < -0.39 is 5.97 Å². The van der Waals surface area contributed by atoms with Gasteiger partial charge in [-0.1, -0.05) is 34.1 Å². The van der Waals surface area contributed by atoms with Crippen LogP contribution in [0.15, 0.2) is 53.0 Å². The molecule has 0 aliphatic rings. The third kappa shape index (κ3) is 3.51. The molecule has 0 aliphatic carbocycles. The Morgan fingerprint density at radius 2 is 1.68 bits per heavy atom. The molecule has 0 saturated heterocycles. The standard InChI is InChI=1S/C15H11BrO3/c1-10(17)11-4-3-7-14(9-11)19-15(18)12-5-2-6-13(16)8-12/h2-9H,1H3. The van der Waals surface area contributed by atoms with Crippen LogP contribution in [0, 0.1) is 0 Å². The van der Waals surface area contributed by atoms with Crippen molar-refractivity contribution in [3.63, 3.8) is 0 Å². The van der Waals surface area contributed by atoms with Crippen LogP contribution in [0.1, 0.15) is 27.6 Å². The Hall–Kier alpha value is -1.94. The lowest BCUT2D eigenvalue weighted by Gasteiger charge is -2.05. The molecule has 2 aromatic rings. The average molecular weight is 319 g/mol. The highest BCUT2D eigenvalue weighted by Crippen LogP contribution is 2.17. The number of ketones is 1. The molecule has 0 saturated carbocycles. The van der Waals surface area contributed by atoms with Gasteiger partial charge in [-0.05, 0) is 37.3 Å². The molecule has 0 fully saturated rings. The molecule has 0 N–H and O–H groups in total. The molecule has 0 atom stereocenters. The fraction of sp³-hybridized carbons (Fsp3) is 0.0667. The number of carbonyl (C=O) groups is 2. The molecule has 2 rings (SSSR count). The van der Waals surface area contributed by atoms with Crippen molar-refractivity contribution in [1.82, 2.24) is 0 Å². The molecule has 0 aromatic heterocycles. The summed E-state index contributed by atoms with van der Waals surface area (Å²) in [5, 5.41) is 0. The van der Waals surface area contributed by atoms with Gasteiger partial charge in [0, 0.05) is 10.0 Å². The number of carbonyl (C=O) groups excluding carboxylic acids is 2. The number of esters is 1. The number of rotatable bonds is 3. The molecular formula is C15H11BrO3. The molecule has 0 aliphatic heterocycles. The van der Waals surface area contributed by atoms with Crippen LogP contribution in [0.3, 0.4) is 0 Å². The molecule has 3 nitrogen and oxygen atoms in total. The SMILES string of the molecule is CC(=O)c1cccc(OC(=O)c2cccc(Br)c2)c1. The summed E-state index contributed by atoms with van der Waals surface area (Å²) in [7, 11) is 0. The summed E-state index contributed by atoms with van der Waals surface area (Å²) in [6.45, 7) is 1.47. The van der Waals surface area contributed by atoms with Crippen molar-refractivity contribution in [3.8, 4) is 5.75 Å². The van der Waals surface area contributed by atoms with Crippen molar-refractivity contribution >= 4 is 27.7 Å². The highest BCUT2D eigenvalue weighted by atomic mass is 79.9. The number of ether oxygens (including phenoxy) is 1. The molecule has 0 amide bonds. The highest BCUT2D eigenvalue weighted by Gasteiger charge is 2.09. The van der Waals surface area contributed by atoms with Crippen molar-refractivity contribution in [2.24, 2.45) is 0 Å². The highest BCUT2D eigenvalue weighted by molar-refractivity contribution is 9.10. The van der Waals surface area contributed by atoms with Crippen molar-refractivity contribution in [1.29, 1.82) is 0 Å². The lowest BCUT2D eigenvalue weighted by atomic mass is 10.1. The predicted molar refractivity (Wildman–Crippen MR) is 75.5 cm³/mol. The Labute approximate surface area is 119 Å². The van der Waals surface area contributed by atoms with Gasteiger partial charge < -0.3 is 4.74 Å². The normalized spacial score (nSPS) is 10.0. The van der Waals surface area contributed by atoms with Crippen LogP contribution in [0.2, 0.25) is 0 Å². The van der Waals surface area contributed by atoms with E-state index in [-0.39, 0.29) is 5.78 Å². The minimum absolute atomic E-state index is 0.0691. The average Bonchev–Trinajstić information content (AvgIpc) is 2.39. The maximum atomic E-state index is 11.9. The number of benzene rings is 2. The van der Waals surface area contributed by atoms with Crippen LogP contribution in [0.4, 0.5) is 0 Å². The second-order valence-corrected chi connectivity index (χ2v) is 4.90. The third-order valence-electron chi connectivity index (χ3n) is 2.51. The smallest absolute Gasteiger partial charge is 0.343 e. The first-order valence-electron chi connectivity index (χ1n) is 5.65. The van der Waals surface area contributed by atoms with Gasteiger partial charge in [-0.15, -0.1) is 0 Å². The van der Waals surface area contributed by atoms with Gasteiger partial charge in [0.2, 0.25) is 0 Å². The molecule has 0 radical (unpaired) electrons. The van der Waals surface area contributed by atoms with Gasteiger partial charge in [0.25, 0.3) is 0 Å². The van der Waals surface area contributed by atoms with Crippen molar-refractivity contribution in [2.75, 3.05) is 0 Å². The van der Waals surface area contributed by atoms with Gasteiger partial charge in [-0.2, -0.15) is 0 Å². The van der Waals surface area contributed by atoms with Crippen LogP contribution < -0.4 is 4.74 Å². The monoisotopic (exact) mass is 318 g/mol.